The lowest BCUT2D eigenvalue weighted by atomic mass is 10.1. The minimum Gasteiger partial charge on any atom is -0.328 e. The second-order valence-corrected chi connectivity index (χ2v) is 3.80. The summed E-state index contributed by atoms with van der Waals surface area (Å²) in [5, 5.41) is 0. The number of nitrogens with zero attached hydrogens (tertiary/aromatic N) is 1. The van der Waals surface area contributed by atoms with Gasteiger partial charge in [-0.05, 0) is 47.8 Å². The summed E-state index contributed by atoms with van der Waals surface area (Å²) in [7, 11) is 0. The first-order chi connectivity index (χ1) is 5.70. The number of nitrogens with two attached hydrogens (primary N) is 1. The maximum absolute atomic E-state index is 5.65. The van der Waals surface area contributed by atoms with Crippen molar-refractivity contribution >= 4 is 15.9 Å². The van der Waals surface area contributed by atoms with Crippen LogP contribution in [0.15, 0.2) is 22.8 Å². The monoisotopic (exact) mass is 228 g/mol. The Hall–Kier alpha value is -0.410. The number of halogens is 1. The van der Waals surface area contributed by atoms with E-state index in [-0.39, 0.29) is 6.04 Å². The Kier molecular flexibility index (Phi) is 3.69. The zero-order valence-corrected chi connectivity index (χ0v) is 8.71. The molecular weight excluding hydrogens is 216 g/mol. The molecular formula is C9H13BrN2. The minimum absolute atomic E-state index is 0.249. The summed E-state index contributed by atoms with van der Waals surface area (Å²) in [6.45, 7) is 2.01. The highest BCUT2D eigenvalue weighted by atomic mass is 79.9. The zero-order valence-electron chi connectivity index (χ0n) is 7.13. The molecule has 1 unspecified atom stereocenters. The van der Waals surface area contributed by atoms with Gasteiger partial charge in [0.15, 0.2) is 0 Å². The molecule has 1 rings (SSSR count). The van der Waals surface area contributed by atoms with Crippen molar-refractivity contribution in [1.82, 2.24) is 4.98 Å². The molecule has 12 heavy (non-hydrogen) atoms. The van der Waals surface area contributed by atoms with E-state index in [1.807, 2.05) is 19.1 Å². The summed E-state index contributed by atoms with van der Waals surface area (Å²) in [6, 6.07) is 4.17. The van der Waals surface area contributed by atoms with Gasteiger partial charge in [-0.25, -0.2) is 0 Å². The number of aromatic nitrogens is 1. The van der Waals surface area contributed by atoms with E-state index in [4.69, 9.17) is 5.73 Å². The summed E-state index contributed by atoms with van der Waals surface area (Å²) in [6.07, 6.45) is 3.73. The van der Waals surface area contributed by atoms with Gasteiger partial charge in [0, 0.05) is 16.7 Å². The largest absolute Gasteiger partial charge is 0.328 e. The minimum atomic E-state index is 0.249. The summed E-state index contributed by atoms with van der Waals surface area (Å²) < 4.78 is 1.07. The van der Waals surface area contributed by atoms with Crippen LogP contribution in [-0.2, 0) is 6.42 Å². The van der Waals surface area contributed by atoms with E-state index in [2.05, 4.69) is 20.9 Å². The summed E-state index contributed by atoms with van der Waals surface area (Å²) >= 11 is 3.44. The molecule has 0 saturated heterocycles. The predicted octanol–water partition coefficient (Wildman–Crippen LogP) is 2.12. The van der Waals surface area contributed by atoms with Crippen LogP contribution in [-0.4, -0.2) is 11.0 Å². The Morgan fingerprint density at radius 2 is 2.42 bits per heavy atom. The van der Waals surface area contributed by atoms with Gasteiger partial charge in [-0.3, -0.25) is 4.98 Å². The maximum atomic E-state index is 5.65. The molecule has 0 aliphatic carbocycles. The third-order valence-electron chi connectivity index (χ3n) is 1.67. The van der Waals surface area contributed by atoms with Crippen molar-refractivity contribution in [3.63, 3.8) is 0 Å². The molecule has 0 radical (unpaired) electrons. The van der Waals surface area contributed by atoms with Crippen molar-refractivity contribution < 1.29 is 0 Å². The highest BCUT2D eigenvalue weighted by Crippen LogP contribution is 2.14. The molecule has 0 fully saturated rings. The molecule has 1 atom stereocenters. The molecule has 2 nitrogen and oxygen atoms in total. The van der Waals surface area contributed by atoms with Gasteiger partial charge < -0.3 is 5.73 Å². The van der Waals surface area contributed by atoms with Gasteiger partial charge in [0.25, 0.3) is 0 Å². The first-order valence-corrected chi connectivity index (χ1v) is 4.84. The summed E-state index contributed by atoms with van der Waals surface area (Å²) in [4.78, 5) is 4.25. The molecule has 1 aromatic rings. The topological polar surface area (TPSA) is 38.9 Å². The van der Waals surface area contributed by atoms with Crippen molar-refractivity contribution in [2.75, 3.05) is 0 Å². The first-order valence-electron chi connectivity index (χ1n) is 4.05. The predicted molar refractivity (Wildman–Crippen MR) is 53.9 cm³/mol. The third-order valence-corrected chi connectivity index (χ3v) is 2.39. The van der Waals surface area contributed by atoms with E-state index in [9.17, 15) is 0 Å². The summed E-state index contributed by atoms with van der Waals surface area (Å²) in [5.74, 6) is 0. The van der Waals surface area contributed by atoms with Crippen LogP contribution in [0.25, 0.3) is 0 Å². The van der Waals surface area contributed by atoms with Gasteiger partial charge >= 0.3 is 0 Å². The molecule has 1 aromatic heterocycles. The molecule has 3 heteroatoms. The Bertz CT molecular complexity index is 248. The molecule has 0 spiro atoms. The fraction of sp³-hybridized carbons (Fsp3) is 0.444. The smallest absolute Gasteiger partial charge is 0.0546 e. The van der Waals surface area contributed by atoms with E-state index in [1.165, 1.54) is 0 Å². The Morgan fingerprint density at radius 3 is 3.00 bits per heavy atom. The van der Waals surface area contributed by atoms with Crippen molar-refractivity contribution in [2.45, 2.75) is 25.8 Å². The lowest BCUT2D eigenvalue weighted by Crippen LogP contribution is -2.15. The van der Waals surface area contributed by atoms with Crippen molar-refractivity contribution in [2.24, 2.45) is 5.73 Å². The van der Waals surface area contributed by atoms with Crippen LogP contribution in [0.4, 0.5) is 0 Å². The standard InChI is InChI=1S/C9H13BrN2/c1-7(11)4-5-9-8(10)3-2-6-12-9/h2-3,6-7H,4-5,11H2,1H3. The zero-order chi connectivity index (χ0) is 8.97. The van der Waals surface area contributed by atoms with Crippen LogP contribution >= 0.6 is 15.9 Å². The van der Waals surface area contributed by atoms with Crippen molar-refractivity contribution in [3.8, 4) is 0 Å². The average Bonchev–Trinajstić information content (AvgIpc) is 2.03. The van der Waals surface area contributed by atoms with Crippen LogP contribution in [0.5, 0.6) is 0 Å². The van der Waals surface area contributed by atoms with Gasteiger partial charge in [-0.2, -0.15) is 0 Å². The molecule has 0 bridgehead atoms. The van der Waals surface area contributed by atoms with Gasteiger partial charge in [0.1, 0.15) is 0 Å². The second kappa shape index (κ2) is 4.58. The molecule has 0 aliphatic heterocycles. The van der Waals surface area contributed by atoms with Gasteiger partial charge in [-0.1, -0.05) is 0 Å². The molecule has 66 valence electrons. The Balaban J connectivity index is 2.57. The third kappa shape index (κ3) is 2.91. The van der Waals surface area contributed by atoms with Gasteiger partial charge in [0.2, 0.25) is 0 Å². The Morgan fingerprint density at radius 1 is 1.67 bits per heavy atom. The normalized spacial score (nSPS) is 12.9. The molecule has 0 aliphatic rings. The number of rotatable bonds is 3. The van der Waals surface area contributed by atoms with Crippen molar-refractivity contribution in [3.05, 3.63) is 28.5 Å². The maximum Gasteiger partial charge on any atom is 0.0546 e. The molecule has 0 saturated carbocycles. The first kappa shape index (κ1) is 9.68. The van der Waals surface area contributed by atoms with Crippen LogP contribution < -0.4 is 5.73 Å². The van der Waals surface area contributed by atoms with Crippen LogP contribution in [0.2, 0.25) is 0 Å². The number of hydrogen-bond donors (Lipinski definition) is 1. The molecule has 0 aromatic carbocycles. The number of hydrogen-bond acceptors (Lipinski definition) is 2. The highest BCUT2D eigenvalue weighted by molar-refractivity contribution is 9.10. The van der Waals surface area contributed by atoms with Crippen LogP contribution in [0.1, 0.15) is 19.0 Å². The average molecular weight is 229 g/mol. The second-order valence-electron chi connectivity index (χ2n) is 2.95. The van der Waals surface area contributed by atoms with Crippen molar-refractivity contribution in [1.29, 1.82) is 0 Å². The number of aryl methyl sites for hydroxylation is 1. The van der Waals surface area contributed by atoms with Crippen LogP contribution in [0, 0.1) is 0 Å². The lowest BCUT2D eigenvalue weighted by molar-refractivity contribution is 0.657. The SMILES string of the molecule is CC(N)CCc1ncccc1Br. The lowest BCUT2D eigenvalue weighted by Gasteiger charge is -2.05. The van der Waals surface area contributed by atoms with E-state index >= 15 is 0 Å². The van der Waals surface area contributed by atoms with E-state index < -0.39 is 0 Å². The van der Waals surface area contributed by atoms with Gasteiger partial charge in [-0.15, -0.1) is 0 Å². The quantitative estimate of drug-likeness (QED) is 0.862. The van der Waals surface area contributed by atoms with E-state index in [0.717, 1.165) is 23.0 Å². The highest BCUT2D eigenvalue weighted by Gasteiger charge is 2.01. The molecule has 1 heterocycles. The van der Waals surface area contributed by atoms with Crippen LogP contribution in [0.3, 0.4) is 0 Å². The fourth-order valence-corrected chi connectivity index (χ4v) is 1.42. The van der Waals surface area contributed by atoms with E-state index in [0.29, 0.717) is 0 Å². The van der Waals surface area contributed by atoms with E-state index in [1.54, 1.807) is 6.20 Å². The Labute approximate surface area is 81.3 Å². The molecule has 2 N–H and O–H groups in total. The summed E-state index contributed by atoms with van der Waals surface area (Å²) in [5.41, 5.74) is 6.74. The van der Waals surface area contributed by atoms with Gasteiger partial charge in [0.05, 0.1) is 5.69 Å². The number of pyridine rings is 1. The molecule has 0 amide bonds. The fourth-order valence-electron chi connectivity index (χ4n) is 0.967.